The van der Waals surface area contributed by atoms with Crippen LogP contribution in [0.15, 0.2) is 49.1 Å². The van der Waals surface area contributed by atoms with Gasteiger partial charge in [-0.2, -0.15) is 0 Å². The van der Waals surface area contributed by atoms with Crippen LogP contribution in [0.2, 0.25) is 0 Å². The van der Waals surface area contributed by atoms with Crippen LogP contribution in [0, 0.1) is 5.41 Å². The van der Waals surface area contributed by atoms with E-state index in [0.29, 0.717) is 12.6 Å². The highest BCUT2D eigenvalue weighted by Crippen LogP contribution is 2.52. The lowest BCUT2D eigenvalue weighted by atomic mass is 9.70. The second-order valence-corrected chi connectivity index (χ2v) is 7.41. The number of nitrogens with zero attached hydrogens (tertiary/aromatic N) is 3. The molecule has 5 nitrogen and oxygen atoms in total. The molecule has 3 heterocycles. The lowest BCUT2D eigenvalue weighted by Gasteiger charge is -2.35. The molecule has 4 rings (SSSR count). The molecule has 2 saturated heterocycles. The summed E-state index contributed by atoms with van der Waals surface area (Å²) < 4.78 is 5.56. The zero-order chi connectivity index (χ0) is 18.0. The fourth-order valence-corrected chi connectivity index (χ4v) is 4.88. The van der Waals surface area contributed by atoms with Gasteiger partial charge in [0.15, 0.2) is 0 Å². The Labute approximate surface area is 154 Å². The average Bonchev–Trinajstić information content (AvgIpc) is 3.18. The number of carbonyl (C=O) groups is 1. The van der Waals surface area contributed by atoms with Gasteiger partial charge in [-0.25, -0.2) is 9.97 Å². The Morgan fingerprint density at radius 3 is 2.69 bits per heavy atom. The molecule has 2 bridgehead atoms. The van der Waals surface area contributed by atoms with Crippen molar-refractivity contribution in [3.63, 3.8) is 0 Å². The Kier molecular flexibility index (Phi) is 4.72. The summed E-state index contributed by atoms with van der Waals surface area (Å²) >= 11 is 0. The molecule has 2 fully saturated rings. The molecule has 0 spiro atoms. The second-order valence-electron chi connectivity index (χ2n) is 7.41. The normalized spacial score (nSPS) is 27.6. The number of ether oxygens (including phenoxy) is 1. The van der Waals surface area contributed by atoms with Crippen molar-refractivity contribution in [2.45, 2.75) is 51.2 Å². The molecule has 0 radical (unpaired) electrons. The van der Waals surface area contributed by atoms with E-state index in [1.54, 1.807) is 6.33 Å². The number of esters is 1. The highest BCUT2D eigenvalue weighted by molar-refractivity contribution is 5.79. The number of hydrogen-bond donors (Lipinski definition) is 0. The number of hydrogen-bond acceptors (Lipinski definition) is 5. The molecular weight excluding hydrogens is 326 g/mol. The molecule has 1 aromatic heterocycles. The first-order valence-electron chi connectivity index (χ1n) is 9.44. The molecule has 2 aromatic rings. The number of aromatic nitrogens is 2. The van der Waals surface area contributed by atoms with Crippen LogP contribution in [0.1, 0.15) is 37.3 Å². The van der Waals surface area contributed by atoms with Crippen molar-refractivity contribution in [2.75, 3.05) is 6.61 Å². The van der Waals surface area contributed by atoms with Crippen LogP contribution in [0.25, 0.3) is 0 Å². The minimum atomic E-state index is -0.448. The Hall–Kier alpha value is -2.27. The maximum Gasteiger partial charge on any atom is 0.314 e. The molecule has 5 heteroatoms. The van der Waals surface area contributed by atoms with E-state index in [1.807, 2.05) is 37.5 Å². The third-order valence-corrected chi connectivity index (χ3v) is 5.90. The van der Waals surface area contributed by atoms with E-state index >= 15 is 0 Å². The van der Waals surface area contributed by atoms with Crippen LogP contribution in [0.3, 0.4) is 0 Å². The summed E-state index contributed by atoms with van der Waals surface area (Å²) in [7, 11) is 0. The van der Waals surface area contributed by atoms with E-state index in [2.05, 4.69) is 27.0 Å². The zero-order valence-electron chi connectivity index (χ0n) is 15.2. The molecule has 0 amide bonds. The van der Waals surface area contributed by atoms with Gasteiger partial charge >= 0.3 is 5.97 Å². The van der Waals surface area contributed by atoms with Crippen LogP contribution in [-0.2, 0) is 22.5 Å². The van der Waals surface area contributed by atoms with Gasteiger partial charge in [0.05, 0.1) is 12.0 Å². The number of rotatable bonds is 6. The van der Waals surface area contributed by atoms with Crippen LogP contribution >= 0.6 is 0 Å². The van der Waals surface area contributed by atoms with E-state index in [-0.39, 0.29) is 12.0 Å². The summed E-state index contributed by atoms with van der Waals surface area (Å²) in [6.07, 6.45) is 9.11. The molecule has 0 aliphatic carbocycles. The lowest BCUT2D eigenvalue weighted by Crippen LogP contribution is -2.46. The van der Waals surface area contributed by atoms with E-state index < -0.39 is 5.41 Å². The van der Waals surface area contributed by atoms with Gasteiger partial charge in [-0.05, 0) is 38.2 Å². The van der Waals surface area contributed by atoms with Crippen molar-refractivity contribution in [1.29, 1.82) is 0 Å². The summed E-state index contributed by atoms with van der Waals surface area (Å²) in [6.45, 7) is 3.12. The van der Waals surface area contributed by atoms with Gasteiger partial charge in [0.25, 0.3) is 0 Å². The molecule has 26 heavy (non-hydrogen) atoms. The molecule has 0 N–H and O–H groups in total. The van der Waals surface area contributed by atoms with E-state index in [4.69, 9.17) is 4.74 Å². The summed E-state index contributed by atoms with van der Waals surface area (Å²) in [4.78, 5) is 23.8. The van der Waals surface area contributed by atoms with Gasteiger partial charge in [-0.3, -0.25) is 9.69 Å². The van der Waals surface area contributed by atoms with Crippen molar-refractivity contribution in [1.82, 2.24) is 14.9 Å². The minimum Gasteiger partial charge on any atom is -0.466 e. The Morgan fingerprint density at radius 2 is 1.96 bits per heavy atom. The van der Waals surface area contributed by atoms with Crippen LogP contribution in [0.4, 0.5) is 0 Å². The van der Waals surface area contributed by atoms with Crippen LogP contribution < -0.4 is 0 Å². The van der Waals surface area contributed by atoms with Gasteiger partial charge in [-0.15, -0.1) is 0 Å². The smallest absolute Gasteiger partial charge is 0.314 e. The van der Waals surface area contributed by atoms with E-state index in [1.165, 1.54) is 5.56 Å². The molecular formula is C21H25N3O2. The number of carbonyl (C=O) groups excluding carboxylic acids is 1. The van der Waals surface area contributed by atoms with Gasteiger partial charge in [0.2, 0.25) is 0 Å². The Bertz CT molecular complexity index is 752. The lowest BCUT2D eigenvalue weighted by molar-refractivity contribution is -0.157. The highest BCUT2D eigenvalue weighted by Gasteiger charge is 2.60. The first-order chi connectivity index (χ1) is 12.7. The Morgan fingerprint density at radius 1 is 1.19 bits per heavy atom. The summed E-state index contributed by atoms with van der Waals surface area (Å²) in [5.41, 5.74) is 1.86. The topological polar surface area (TPSA) is 55.3 Å². The largest absolute Gasteiger partial charge is 0.466 e. The predicted molar refractivity (Wildman–Crippen MR) is 98.2 cm³/mol. The standard InChI is InChI=1S/C21H25N3O2/c1-2-26-20(25)21(10-16-6-4-3-5-7-16)11-18-8-9-19(21)24(18)14-17-12-22-15-23-13-17/h3-7,12-13,15,18-19H,2,8-11,14H2,1H3/t18-,19+,21+/m0/s1. The predicted octanol–water partition coefficient (Wildman–Crippen LogP) is 3.01. The summed E-state index contributed by atoms with van der Waals surface area (Å²) in [5.74, 6) is -0.0367. The van der Waals surface area contributed by atoms with Gasteiger partial charge in [-0.1, -0.05) is 30.3 Å². The number of benzene rings is 1. The third-order valence-electron chi connectivity index (χ3n) is 5.90. The Balaban J connectivity index is 1.63. The first-order valence-corrected chi connectivity index (χ1v) is 9.44. The second kappa shape index (κ2) is 7.16. The first kappa shape index (κ1) is 17.2. The SMILES string of the molecule is CCOC(=O)[C@]1(Cc2ccccc2)C[C@@H]2CC[C@H]1N2Cc1cncnc1. The zero-order valence-corrected chi connectivity index (χ0v) is 15.2. The molecule has 136 valence electrons. The van der Waals surface area contributed by atoms with E-state index in [0.717, 1.165) is 37.8 Å². The maximum atomic E-state index is 13.1. The maximum absolute atomic E-state index is 13.1. The quantitative estimate of drug-likeness (QED) is 0.749. The van der Waals surface area contributed by atoms with Crippen LogP contribution in [0.5, 0.6) is 0 Å². The summed E-state index contributed by atoms with van der Waals surface area (Å²) in [5, 5.41) is 0. The van der Waals surface area contributed by atoms with Crippen molar-refractivity contribution < 1.29 is 9.53 Å². The fourth-order valence-electron chi connectivity index (χ4n) is 4.88. The molecule has 3 atom stereocenters. The van der Waals surface area contributed by atoms with E-state index in [9.17, 15) is 4.79 Å². The third kappa shape index (κ3) is 3.01. The van der Waals surface area contributed by atoms with Gasteiger partial charge < -0.3 is 4.74 Å². The molecule has 2 aliphatic rings. The van der Waals surface area contributed by atoms with Gasteiger partial charge in [0.1, 0.15) is 6.33 Å². The average molecular weight is 351 g/mol. The minimum absolute atomic E-state index is 0.0367. The molecule has 0 saturated carbocycles. The van der Waals surface area contributed by atoms with Crippen molar-refractivity contribution in [2.24, 2.45) is 5.41 Å². The molecule has 2 aliphatic heterocycles. The fraction of sp³-hybridized carbons (Fsp3) is 0.476. The highest BCUT2D eigenvalue weighted by atomic mass is 16.5. The molecule has 1 aromatic carbocycles. The van der Waals surface area contributed by atoms with Crippen molar-refractivity contribution in [3.05, 3.63) is 60.2 Å². The van der Waals surface area contributed by atoms with Gasteiger partial charge in [0, 0.05) is 36.6 Å². The molecule has 0 unspecified atom stereocenters. The van der Waals surface area contributed by atoms with Crippen LogP contribution in [-0.4, -0.2) is 39.5 Å². The van der Waals surface area contributed by atoms with Crippen molar-refractivity contribution >= 4 is 5.97 Å². The monoisotopic (exact) mass is 351 g/mol. The number of fused-ring (bicyclic) bond motifs is 2. The van der Waals surface area contributed by atoms with Crippen molar-refractivity contribution in [3.8, 4) is 0 Å². The summed E-state index contributed by atoms with van der Waals surface area (Å²) in [6, 6.07) is 11.0.